The van der Waals surface area contributed by atoms with Gasteiger partial charge in [0.15, 0.2) is 0 Å². The molecule has 1 fully saturated rings. The Morgan fingerprint density at radius 2 is 1.67 bits per heavy atom. The van der Waals surface area contributed by atoms with Crippen LogP contribution < -0.4 is 0 Å². The van der Waals surface area contributed by atoms with E-state index in [0.717, 1.165) is 9.85 Å². The molecule has 0 N–H and O–H groups in total. The van der Waals surface area contributed by atoms with Crippen LogP contribution in [0.5, 0.6) is 0 Å². The molecule has 0 unspecified atom stereocenters. The minimum atomic E-state index is -1.70. The van der Waals surface area contributed by atoms with Crippen LogP contribution >= 0.6 is 0 Å². The van der Waals surface area contributed by atoms with Gasteiger partial charge in [0.25, 0.3) is 0 Å². The van der Waals surface area contributed by atoms with Crippen LogP contribution in [-0.2, 0) is 0 Å². The van der Waals surface area contributed by atoms with Crippen molar-refractivity contribution in [2.24, 2.45) is 0 Å². The van der Waals surface area contributed by atoms with E-state index in [4.69, 9.17) is 0 Å². The Bertz CT molecular complexity index is 310. The van der Waals surface area contributed by atoms with Crippen molar-refractivity contribution in [3.63, 3.8) is 0 Å². The van der Waals surface area contributed by atoms with Crippen molar-refractivity contribution in [2.75, 3.05) is 0 Å². The normalized spacial score (nSPS) is 26.9. The zero-order valence-electron chi connectivity index (χ0n) is 10.2. The fourth-order valence-electron chi connectivity index (χ4n) is 3.10. The summed E-state index contributed by atoms with van der Waals surface area (Å²) in [5.41, 5.74) is 1.60. The number of rotatable bonds is 2. The number of hydrogen-bond donors (Lipinski definition) is 0. The van der Waals surface area contributed by atoms with Gasteiger partial charge in [0.2, 0.25) is 0 Å². The maximum absolute atomic E-state index is 2.60. The summed E-state index contributed by atoms with van der Waals surface area (Å²) in [4.78, 5) is 7.79. The molecule has 0 aliphatic heterocycles. The predicted molar refractivity (Wildman–Crippen MR) is 70.1 cm³/mol. The molecule has 1 aliphatic rings. The fraction of sp³-hybridized carbons (Fsp3) is 0.571. The summed E-state index contributed by atoms with van der Waals surface area (Å²) in [6.07, 6.45) is 4.39. The Labute approximate surface area is 98.0 Å². The van der Waals surface area contributed by atoms with E-state index in [1.807, 2.05) is 0 Å². The van der Waals surface area contributed by atoms with Gasteiger partial charge in [0.1, 0.15) is 0 Å². The fourth-order valence-corrected chi connectivity index (χ4v) is 10.6. The Morgan fingerprint density at radius 1 is 1.00 bits per heavy atom. The second-order valence-corrected chi connectivity index (χ2v) is 21.5. The van der Waals surface area contributed by atoms with Gasteiger partial charge in [-0.3, -0.25) is 0 Å². The van der Waals surface area contributed by atoms with E-state index in [-0.39, 0.29) is 0 Å². The molecule has 0 spiro atoms. The third kappa shape index (κ3) is 2.58. The molecule has 0 bridgehead atoms. The van der Waals surface area contributed by atoms with Gasteiger partial charge in [0.05, 0.1) is 0 Å². The summed E-state index contributed by atoms with van der Waals surface area (Å²) in [5.74, 6) is 0.891. The molecule has 0 radical (unpaired) electrons. The number of hydrogen-bond acceptors (Lipinski definition) is 0. The quantitative estimate of drug-likeness (QED) is 0.697. The predicted octanol–water partition coefficient (Wildman–Crippen LogP) is 4.66. The van der Waals surface area contributed by atoms with Gasteiger partial charge < -0.3 is 0 Å². The first-order valence-corrected chi connectivity index (χ1v) is 16.3. The van der Waals surface area contributed by atoms with E-state index >= 15 is 0 Å². The summed E-state index contributed by atoms with van der Waals surface area (Å²) in [6.45, 7) is 0. The van der Waals surface area contributed by atoms with Crippen LogP contribution in [0.2, 0.25) is 18.8 Å². The summed E-state index contributed by atoms with van der Waals surface area (Å²) in [7, 11) is 0. The van der Waals surface area contributed by atoms with Crippen LogP contribution in [0, 0.1) is 0 Å². The van der Waals surface area contributed by atoms with Gasteiger partial charge >= 0.3 is 98.2 Å². The monoisotopic (exact) mass is 310 g/mol. The molecular weight excluding hydrogens is 287 g/mol. The van der Waals surface area contributed by atoms with Crippen molar-refractivity contribution in [3.05, 3.63) is 35.9 Å². The third-order valence-electron chi connectivity index (χ3n) is 3.86. The molecule has 15 heavy (non-hydrogen) atoms. The standard InChI is InChI=1S/C11H13.3CH3.Sn/c1-2-6-10(7-3-1)11-8-4-5-9-11;;;;/h1-3,6-8,11H,4-5,9H2;3*1H3;/t11-;;;;/m1..../s1. The summed E-state index contributed by atoms with van der Waals surface area (Å²) < 4.78 is 1.07. The van der Waals surface area contributed by atoms with E-state index in [2.05, 4.69) is 45.2 Å². The van der Waals surface area contributed by atoms with E-state index in [9.17, 15) is 0 Å². The SMILES string of the molecule is [CH3][Sn]([CH3])([CH3])[C@H]1CCC[C@@H]1c1ccccc1. The summed E-state index contributed by atoms with van der Waals surface area (Å²) in [5, 5.41) is 0. The zero-order valence-corrected chi connectivity index (χ0v) is 13.0. The zero-order chi connectivity index (χ0) is 10.9. The maximum atomic E-state index is 2.60. The molecule has 0 nitrogen and oxygen atoms in total. The molecule has 1 saturated carbocycles. The van der Waals surface area contributed by atoms with Crippen molar-refractivity contribution >= 4 is 18.4 Å². The molecule has 1 aromatic rings. The summed E-state index contributed by atoms with van der Waals surface area (Å²) >= 11 is -1.70. The van der Waals surface area contributed by atoms with Crippen molar-refractivity contribution < 1.29 is 0 Å². The molecule has 0 heterocycles. The van der Waals surface area contributed by atoms with Crippen molar-refractivity contribution in [1.29, 1.82) is 0 Å². The van der Waals surface area contributed by atoms with Crippen molar-refractivity contribution in [3.8, 4) is 0 Å². The number of benzene rings is 1. The van der Waals surface area contributed by atoms with E-state index in [1.54, 1.807) is 5.56 Å². The molecule has 1 aliphatic carbocycles. The molecule has 1 aromatic carbocycles. The first kappa shape index (κ1) is 11.5. The van der Waals surface area contributed by atoms with Crippen LogP contribution in [0.1, 0.15) is 30.7 Å². The van der Waals surface area contributed by atoms with Crippen LogP contribution in [-0.4, -0.2) is 18.4 Å². The van der Waals surface area contributed by atoms with Gasteiger partial charge in [-0.1, -0.05) is 0 Å². The topological polar surface area (TPSA) is 0 Å². The van der Waals surface area contributed by atoms with Crippen LogP contribution in [0.3, 0.4) is 0 Å². The van der Waals surface area contributed by atoms with Crippen LogP contribution in [0.25, 0.3) is 0 Å². The van der Waals surface area contributed by atoms with E-state index in [1.165, 1.54) is 19.3 Å². The third-order valence-corrected chi connectivity index (χ3v) is 12.2. The second kappa shape index (κ2) is 4.48. The van der Waals surface area contributed by atoms with E-state index in [0.29, 0.717) is 0 Å². The van der Waals surface area contributed by atoms with Gasteiger partial charge in [-0.25, -0.2) is 0 Å². The molecule has 0 aromatic heterocycles. The van der Waals surface area contributed by atoms with Crippen molar-refractivity contribution in [1.82, 2.24) is 0 Å². The van der Waals surface area contributed by atoms with E-state index < -0.39 is 18.4 Å². The average Bonchev–Trinajstić information content (AvgIpc) is 2.67. The average molecular weight is 309 g/mol. The second-order valence-electron chi connectivity index (χ2n) is 5.92. The molecule has 82 valence electrons. The Kier molecular flexibility index (Phi) is 3.44. The van der Waals surface area contributed by atoms with Gasteiger partial charge in [0, 0.05) is 0 Å². The molecule has 1 heteroatoms. The molecule has 2 atom stereocenters. The van der Waals surface area contributed by atoms with Crippen LogP contribution in [0.15, 0.2) is 30.3 Å². The molecule has 2 rings (SSSR count). The van der Waals surface area contributed by atoms with Crippen molar-refractivity contribution in [2.45, 2.75) is 43.9 Å². The molecule has 0 saturated heterocycles. The van der Waals surface area contributed by atoms with Crippen LogP contribution in [0.4, 0.5) is 0 Å². The summed E-state index contributed by atoms with van der Waals surface area (Å²) in [6, 6.07) is 11.2. The Morgan fingerprint density at radius 3 is 2.27 bits per heavy atom. The first-order chi connectivity index (χ1) is 7.09. The minimum absolute atomic E-state index is 0.891. The van der Waals surface area contributed by atoms with Gasteiger partial charge in [-0.2, -0.15) is 0 Å². The molecule has 0 amide bonds. The molecular formula is C14H22Sn. The van der Waals surface area contributed by atoms with Gasteiger partial charge in [-0.15, -0.1) is 0 Å². The Hall–Kier alpha value is 0.0187. The van der Waals surface area contributed by atoms with Gasteiger partial charge in [-0.05, 0) is 0 Å². The Balaban J connectivity index is 2.23. The first-order valence-electron chi connectivity index (χ1n) is 6.14.